The normalized spacial score (nSPS) is 15.3. The summed E-state index contributed by atoms with van der Waals surface area (Å²) < 4.78 is 27.9. The molecule has 33 heavy (non-hydrogen) atoms. The van der Waals surface area contributed by atoms with Gasteiger partial charge in [0.2, 0.25) is 21.8 Å². The smallest absolute Gasteiger partial charge is 0.241 e. The van der Waals surface area contributed by atoms with E-state index in [0.29, 0.717) is 30.9 Å². The Morgan fingerprint density at radius 1 is 1.00 bits per heavy atom. The number of hydrogen-bond donors (Lipinski definition) is 2. The standard InChI is InChI=1S/C23H27N5O4S/c1-17(26-33(31,32)22-10-6-20(7-11-22)25-18(2)29)23(30)28-13-3-12-27(14-15-28)21-8-4-19(16-24)5-9-21/h4-11,17,26H,3,12-15H2,1-2H3,(H,25,29)/t17-/m0/s1. The van der Waals surface area contributed by atoms with Crippen LogP contribution in [0.15, 0.2) is 53.4 Å². The first kappa shape index (κ1) is 24.2. The number of anilines is 2. The summed E-state index contributed by atoms with van der Waals surface area (Å²) in [5, 5.41) is 11.5. The van der Waals surface area contributed by atoms with Crippen LogP contribution in [-0.4, -0.2) is 57.4 Å². The molecule has 1 fully saturated rings. The molecule has 1 aliphatic heterocycles. The van der Waals surface area contributed by atoms with Gasteiger partial charge >= 0.3 is 0 Å². The third kappa shape index (κ3) is 6.31. The summed E-state index contributed by atoms with van der Waals surface area (Å²) in [5.41, 5.74) is 2.07. The lowest BCUT2D eigenvalue weighted by molar-refractivity contribution is -0.132. The maximum absolute atomic E-state index is 13.0. The van der Waals surface area contributed by atoms with Crippen LogP contribution >= 0.6 is 0 Å². The molecule has 3 rings (SSSR count). The van der Waals surface area contributed by atoms with Crippen LogP contribution in [-0.2, 0) is 19.6 Å². The van der Waals surface area contributed by atoms with Crippen LogP contribution in [0.1, 0.15) is 25.8 Å². The zero-order chi connectivity index (χ0) is 24.0. The molecule has 0 radical (unpaired) electrons. The second kappa shape index (κ2) is 10.5. The molecule has 0 spiro atoms. The van der Waals surface area contributed by atoms with E-state index in [2.05, 4.69) is 21.0 Å². The maximum Gasteiger partial charge on any atom is 0.241 e. The number of carbonyl (C=O) groups excluding carboxylic acids is 2. The van der Waals surface area contributed by atoms with Crippen LogP contribution in [0.4, 0.5) is 11.4 Å². The van der Waals surface area contributed by atoms with Gasteiger partial charge in [-0.3, -0.25) is 9.59 Å². The van der Waals surface area contributed by atoms with E-state index in [9.17, 15) is 18.0 Å². The third-order valence-corrected chi connectivity index (χ3v) is 6.91. The predicted molar refractivity (Wildman–Crippen MR) is 125 cm³/mol. The van der Waals surface area contributed by atoms with E-state index in [0.717, 1.165) is 18.7 Å². The topological polar surface area (TPSA) is 123 Å². The van der Waals surface area contributed by atoms with Gasteiger partial charge in [-0.05, 0) is 61.9 Å². The quantitative estimate of drug-likeness (QED) is 0.666. The van der Waals surface area contributed by atoms with Crippen molar-refractivity contribution in [3.8, 4) is 6.07 Å². The van der Waals surface area contributed by atoms with Crippen LogP contribution in [0.5, 0.6) is 0 Å². The van der Waals surface area contributed by atoms with E-state index < -0.39 is 16.1 Å². The minimum Gasteiger partial charge on any atom is -0.370 e. The van der Waals surface area contributed by atoms with Gasteiger partial charge in [-0.2, -0.15) is 9.98 Å². The molecule has 1 aliphatic rings. The number of rotatable bonds is 6. The molecule has 10 heteroatoms. The fourth-order valence-corrected chi connectivity index (χ4v) is 4.89. The van der Waals surface area contributed by atoms with E-state index in [4.69, 9.17) is 5.26 Å². The number of nitrogens with one attached hydrogen (secondary N) is 2. The van der Waals surface area contributed by atoms with Crippen molar-refractivity contribution < 1.29 is 18.0 Å². The Morgan fingerprint density at radius 3 is 2.27 bits per heavy atom. The Balaban J connectivity index is 1.60. The maximum atomic E-state index is 13.0. The molecular weight excluding hydrogens is 442 g/mol. The molecule has 1 atom stereocenters. The van der Waals surface area contributed by atoms with E-state index in [1.807, 2.05) is 12.1 Å². The second-order valence-electron chi connectivity index (χ2n) is 7.87. The van der Waals surface area contributed by atoms with Crippen LogP contribution < -0.4 is 14.9 Å². The lowest BCUT2D eigenvalue weighted by Crippen LogP contribution is -2.47. The zero-order valence-electron chi connectivity index (χ0n) is 18.6. The van der Waals surface area contributed by atoms with Crippen molar-refractivity contribution in [2.75, 3.05) is 36.4 Å². The van der Waals surface area contributed by atoms with Crippen molar-refractivity contribution in [2.24, 2.45) is 0 Å². The number of amides is 2. The Labute approximate surface area is 194 Å². The summed E-state index contributed by atoms with van der Waals surface area (Å²) in [6, 6.07) is 14.2. The largest absolute Gasteiger partial charge is 0.370 e. The number of benzene rings is 2. The van der Waals surface area contributed by atoms with Gasteiger partial charge in [0, 0.05) is 44.5 Å². The average molecular weight is 470 g/mol. The number of nitrogens with zero attached hydrogens (tertiary/aromatic N) is 3. The Hall–Kier alpha value is -3.42. The van der Waals surface area contributed by atoms with Gasteiger partial charge < -0.3 is 15.1 Å². The first-order chi connectivity index (χ1) is 15.7. The molecule has 0 aromatic heterocycles. The number of carbonyl (C=O) groups is 2. The molecule has 0 saturated carbocycles. The molecular formula is C23H27N5O4S. The number of nitriles is 1. The molecule has 174 valence electrons. The van der Waals surface area contributed by atoms with Crippen LogP contribution in [0.25, 0.3) is 0 Å². The van der Waals surface area contributed by atoms with Gasteiger partial charge in [0.25, 0.3) is 0 Å². The molecule has 9 nitrogen and oxygen atoms in total. The van der Waals surface area contributed by atoms with Gasteiger partial charge in [-0.1, -0.05) is 0 Å². The van der Waals surface area contributed by atoms with Crippen LogP contribution in [0.2, 0.25) is 0 Å². The molecule has 1 heterocycles. The van der Waals surface area contributed by atoms with Crippen molar-refractivity contribution >= 4 is 33.2 Å². The Bertz CT molecular complexity index is 1140. The van der Waals surface area contributed by atoms with Crippen molar-refractivity contribution in [3.05, 3.63) is 54.1 Å². The fraction of sp³-hybridized carbons (Fsp3) is 0.348. The first-order valence-corrected chi connectivity index (χ1v) is 12.1. The van der Waals surface area contributed by atoms with E-state index in [-0.39, 0.29) is 16.7 Å². The number of hydrogen-bond acceptors (Lipinski definition) is 6. The van der Waals surface area contributed by atoms with Crippen LogP contribution in [0, 0.1) is 11.3 Å². The van der Waals surface area contributed by atoms with Gasteiger partial charge in [0.15, 0.2) is 0 Å². The average Bonchev–Trinajstić information content (AvgIpc) is 3.04. The summed E-state index contributed by atoms with van der Waals surface area (Å²) in [4.78, 5) is 27.9. The molecule has 0 unspecified atom stereocenters. The van der Waals surface area contributed by atoms with Crippen LogP contribution in [0.3, 0.4) is 0 Å². The van der Waals surface area contributed by atoms with Gasteiger partial charge in [-0.15, -0.1) is 0 Å². The molecule has 2 amide bonds. The monoisotopic (exact) mass is 469 g/mol. The Morgan fingerprint density at radius 2 is 1.67 bits per heavy atom. The number of sulfonamides is 1. The molecule has 2 aromatic rings. The summed E-state index contributed by atoms with van der Waals surface area (Å²) in [6.45, 7) is 5.28. The molecule has 0 bridgehead atoms. The highest BCUT2D eigenvalue weighted by molar-refractivity contribution is 7.89. The van der Waals surface area contributed by atoms with E-state index in [1.54, 1.807) is 17.0 Å². The summed E-state index contributed by atoms with van der Waals surface area (Å²) in [6.07, 6.45) is 0.746. The Kier molecular flexibility index (Phi) is 7.68. The van der Waals surface area contributed by atoms with Crippen molar-refractivity contribution in [3.63, 3.8) is 0 Å². The lowest BCUT2D eigenvalue weighted by atomic mass is 10.2. The first-order valence-electron chi connectivity index (χ1n) is 10.6. The van der Waals surface area contributed by atoms with Crippen molar-refractivity contribution in [1.82, 2.24) is 9.62 Å². The zero-order valence-corrected chi connectivity index (χ0v) is 19.4. The van der Waals surface area contributed by atoms with Gasteiger partial charge in [-0.25, -0.2) is 8.42 Å². The lowest BCUT2D eigenvalue weighted by Gasteiger charge is -2.26. The minimum absolute atomic E-state index is 0.0131. The van der Waals surface area contributed by atoms with E-state index in [1.165, 1.54) is 38.1 Å². The highest BCUT2D eigenvalue weighted by Gasteiger charge is 2.27. The second-order valence-corrected chi connectivity index (χ2v) is 9.59. The molecule has 1 saturated heterocycles. The third-order valence-electron chi connectivity index (χ3n) is 5.36. The van der Waals surface area contributed by atoms with E-state index >= 15 is 0 Å². The summed E-state index contributed by atoms with van der Waals surface area (Å²) in [7, 11) is -3.90. The molecule has 2 N–H and O–H groups in total. The molecule has 2 aromatic carbocycles. The van der Waals surface area contributed by atoms with Gasteiger partial charge in [0.05, 0.1) is 22.6 Å². The van der Waals surface area contributed by atoms with Crippen molar-refractivity contribution in [2.45, 2.75) is 31.2 Å². The highest BCUT2D eigenvalue weighted by Crippen LogP contribution is 2.18. The van der Waals surface area contributed by atoms with Gasteiger partial charge in [0.1, 0.15) is 0 Å². The molecule has 0 aliphatic carbocycles. The highest BCUT2D eigenvalue weighted by atomic mass is 32.2. The van der Waals surface area contributed by atoms with Crippen molar-refractivity contribution in [1.29, 1.82) is 5.26 Å². The predicted octanol–water partition coefficient (Wildman–Crippen LogP) is 1.92. The minimum atomic E-state index is -3.90. The summed E-state index contributed by atoms with van der Waals surface area (Å²) in [5.74, 6) is -0.534. The fourth-order valence-electron chi connectivity index (χ4n) is 3.69. The summed E-state index contributed by atoms with van der Waals surface area (Å²) >= 11 is 0. The SMILES string of the molecule is CC(=O)Nc1ccc(S(=O)(=O)N[C@@H](C)C(=O)N2CCCN(c3ccc(C#N)cc3)CC2)cc1.